The SMILES string of the molecule is CCS(=O)(=O)c1cc(C(F)(F)F)cnc1-c1nnc(-c2ccc(C#N)nc2)n1C. The Morgan fingerprint density at radius 1 is 1.14 bits per heavy atom. The van der Waals surface area contributed by atoms with Crippen molar-refractivity contribution in [3.05, 3.63) is 41.9 Å². The molecule has 8 nitrogen and oxygen atoms in total. The number of aromatic nitrogens is 5. The third-order valence-corrected chi connectivity index (χ3v) is 5.86. The molecule has 3 aromatic rings. The lowest BCUT2D eigenvalue weighted by atomic mass is 10.2. The second kappa shape index (κ2) is 7.25. The van der Waals surface area contributed by atoms with Gasteiger partial charge >= 0.3 is 6.18 Å². The van der Waals surface area contributed by atoms with Crippen molar-refractivity contribution in [2.24, 2.45) is 7.05 Å². The fraction of sp³-hybridized carbons (Fsp3) is 0.235. The van der Waals surface area contributed by atoms with Crippen molar-refractivity contribution in [1.29, 1.82) is 5.26 Å². The van der Waals surface area contributed by atoms with Crippen LogP contribution in [0.2, 0.25) is 0 Å². The third-order valence-electron chi connectivity index (χ3n) is 4.12. The molecule has 0 aliphatic heterocycles. The van der Waals surface area contributed by atoms with Crippen LogP contribution in [-0.2, 0) is 23.1 Å². The van der Waals surface area contributed by atoms with E-state index in [1.54, 1.807) is 6.07 Å². The molecule has 150 valence electrons. The van der Waals surface area contributed by atoms with E-state index < -0.39 is 32.2 Å². The summed E-state index contributed by atoms with van der Waals surface area (Å²) in [6.07, 6.45) is -2.80. The second-order valence-electron chi connectivity index (χ2n) is 5.92. The largest absolute Gasteiger partial charge is 0.417 e. The quantitative estimate of drug-likeness (QED) is 0.635. The predicted molar refractivity (Wildman–Crippen MR) is 94.9 cm³/mol. The molecule has 0 saturated heterocycles. The van der Waals surface area contributed by atoms with Crippen LogP contribution in [0.1, 0.15) is 18.2 Å². The van der Waals surface area contributed by atoms with Gasteiger partial charge in [-0.25, -0.2) is 13.4 Å². The van der Waals surface area contributed by atoms with Crippen molar-refractivity contribution >= 4 is 9.84 Å². The molecule has 0 aromatic carbocycles. The minimum atomic E-state index is -4.75. The molecule has 12 heteroatoms. The molecule has 0 N–H and O–H groups in total. The predicted octanol–water partition coefficient (Wildman–Crippen LogP) is 2.62. The maximum absolute atomic E-state index is 13.1. The smallest absolute Gasteiger partial charge is 0.309 e. The van der Waals surface area contributed by atoms with Crippen LogP contribution in [-0.4, -0.2) is 38.9 Å². The first-order valence-electron chi connectivity index (χ1n) is 8.14. The average molecular weight is 422 g/mol. The van der Waals surface area contributed by atoms with E-state index in [1.807, 2.05) is 6.07 Å². The topological polar surface area (TPSA) is 114 Å². The van der Waals surface area contributed by atoms with Crippen LogP contribution in [0, 0.1) is 11.3 Å². The van der Waals surface area contributed by atoms with E-state index in [9.17, 15) is 21.6 Å². The average Bonchev–Trinajstić information content (AvgIpc) is 3.08. The zero-order valence-electron chi connectivity index (χ0n) is 15.1. The van der Waals surface area contributed by atoms with Crippen LogP contribution in [0.15, 0.2) is 35.5 Å². The molecule has 0 saturated carbocycles. The van der Waals surface area contributed by atoms with Crippen LogP contribution < -0.4 is 0 Å². The molecular weight excluding hydrogens is 409 g/mol. The van der Waals surface area contributed by atoms with Gasteiger partial charge in [0.15, 0.2) is 21.5 Å². The van der Waals surface area contributed by atoms with Crippen molar-refractivity contribution < 1.29 is 21.6 Å². The number of pyridine rings is 2. The number of halogens is 3. The molecule has 0 aliphatic rings. The van der Waals surface area contributed by atoms with Crippen LogP contribution >= 0.6 is 0 Å². The number of hydrogen-bond donors (Lipinski definition) is 0. The number of sulfone groups is 1. The Labute approximate surface area is 163 Å². The molecule has 29 heavy (non-hydrogen) atoms. The van der Waals surface area contributed by atoms with E-state index in [4.69, 9.17) is 5.26 Å². The highest BCUT2D eigenvalue weighted by atomic mass is 32.2. The molecule has 0 aliphatic carbocycles. The molecule has 3 rings (SSSR count). The first-order valence-corrected chi connectivity index (χ1v) is 9.80. The van der Waals surface area contributed by atoms with Crippen molar-refractivity contribution in [2.75, 3.05) is 5.75 Å². The lowest BCUT2D eigenvalue weighted by Crippen LogP contribution is -2.13. The highest BCUT2D eigenvalue weighted by Crippen LogP contribution is 2.34. The van der Waals surface area contributed by atoms with Gasteiger partial charge in [0.1, 0.15) is 17.5 Å². The molecule has 0 spiro atoms. The normalized spacial score (nSPS) is 12.0. The van der Waals surface area contributed by atoms with Crippen molar-refractivity contribution in [3.8, 4) is 29.0 Å². The van der Waals surface area contributed by atoms with Crippen LogP contribution in [0.5, 0.6) is 0 Å². The molecule has 3 heterocycles. The van der Waals surface area contributed by atoms with Crippen LogP contribution in [0.25, 0.3) is 22.9 Å². The molecule has 0 bridgehead atoms. The summed E-state index contributed by atoms with van der Waals surface area (Å²) in [5, 5.41) is 16.7. The van der Waals surface area contributed by atoms with E-state index in [-0.39, 0.29) is 23.0 Å². The molecule has 0 fully saturated rings. The molecule has 3 aromatic heterocycles. The minimum absolute atomic E-state index is 0.0230. The van der Waals surface area contributed by atoms with Crippen molar-refractivity contribution in [3.63, 3.8) is 0 Å². The van der Waals surface area contributed by atoms with Gasteiger partial charge in [-0.15, -0.1) is 10.2 Å². The Morgan fingerprint density at radius 3 is 2.38 bits per heavy atom. The van der Waals surface area contributed by atoms with Crippen molar-refractivity contribution in [2.45, 2.75) is 18.0 Å². The molecule has 0 atom stereocenters. The summed E-state index contributed by atoms with van der Waals surface area (Å²) < 4.78 is 65.4. The molecule has 0 amide bonds. The van der Waals surface area contributed by atoms with Crippen molar-refractivity contribution in [1.82, 2.24) is 24.7 Å². The molecular formula is C17H13F3N6O2S. The number of nitrogens with zero attached hydrogens (tertiary/aromatic N) is 6. The second-order valence-corrected chi connectivity index (χ2v) is 8.17. The summed E-state index contributed by atoms with van der Waals surface area (Å²) in [5.41, 5.74) is -0.733. The van der Waals surface area contributed by atoms with Gasteiger partial charge in [0.05, 0.1) is 16.2 Å². The lowest BCUT2D eigenvalue weighted by Gasteiger charge is -2.12. The first kappa shape index (κ1) is 20.4. The maximum atomic E-state index is 13.1. The van der Waals surface area contributed by atoms with Crippen LogP contribution in [0.3, 0.4) is 0 Å². The minimum Gasteiger partial charge on any atom is -0.309 e. The number of nitriles is 1. The van der Waals surface area contributed by atoms with E-state index in [2.05, 4.69) is 20.2 Å². The fourth-order valence-corrected chi connectivity index (χ4v) is 3.60. The summed E-state index contributed by atoms with van der Waals surface area (Å²) in [6.45, 7) is 1.32. The Bertz CT molecular complexity index is 1210. The van der Waals surface area contributed by atoms with Gasteiger partial charge in [-0.3, -0.25) is 4.98 Å². The first-order chi connectivity index (χ1) is 13.6. The van der Waals surface area contributed by atoms with E-state index in [1.165, 1.54) is 30.8 Å². The van der Waals surface area contributed by atoms with Gasteiger partial charge in [-0.05, 0) is 18.2 Å². The number of rotatable bonds is 4. The molecule has 0 radical (unpaired) electrons. The lowest BCUT2D eigenvalue weighted by molar-refractivity contribution is -0.138. The summed E-state index contributed by atoms with van der Waals surface area (Å²) in [6, 6.07) is 5.47. The van der Waals surface area contributed by atoms with E-state index >= 15 is 0 Å². The summed E-state index contributed by atoms with van der Waals surface area (Å²) in [5.74, 6) is -0.156. The maximum Gasteiger partial charge on any atom is 0.417 e. The van der Waals surface area contributed by atoms with Gasteiger partial charge < -0.3 is 4.57 Å². The Balaban J connectivity index is 2.19. The zero-order chi connectivity index (χ0) is 21.4. The summed E-state index contributed by atoms with van der Waals surface area (Å²) >= 11 is 0. The number of hydrogen-bond acceptors (Lipinski definition) is 7. The summed E-state index contributed by atoms with van der Waals surface area (Å²) in [4.78, 5) is 7.10. The highest BCUT2D eigenvalue weighted by Gasteiger charge is 2.34. The third kappa shape index (κ3) is 3.81. The zero-order valence-corrected chi connectivity index (χ0v) is 16.0. The molecule has 0 unspecified atom stereocenters. The Morgan fingerprint density at radius 2 is 1.83 bits per heavy atom. The Kier molecular flexibility index (Phi) is 5.10. The summed E-state index contributed by atoms with van der Waals surface area (Å²) in [7, 11) is -2.51. The number of alkyl halides is 3. The van der Waals surface area contributed by atoms with Gasteiger partial charge in [0, 0.05) is 25.0 Å². The van der Waals surface area contributed by atoms with Gasteiger partial charge in [-0.1, -0.05) is 6.92 Å². The fourth-order valence-electron chi connectivity index (χ4n) is 2.54. The van der Waals surface area contributed by atoms with Gasteiger partial charge in [0.25, 0.3) is 0 Å². The van der Waals surface area contributed by atoms with E-state index in [0.29, 0.717) is 17.8 Å². The van der Waals surface area contributed by atoms with Gasteiger partial charge in [0.2, 0.25) is 0 Å². The van der Waals surface area contributed by atoms with E-state index in [0.717, 1.165) is 0 Å². The standard InChI is InChI=1S/C17H13F3N6O2S/c1-3-29(27,28)13-6-11(17(18,19)20)9-23-14(13)16-25-24-15(26(16)2)10-4-5-12(7-21)22-8-10/h4-6,8-9H,3H2,1-2H3. The van der Waals surface area contributed by atoms with Gasteiger partial charge in [-0.2, -0.15) is 18.4 Å². The monoisotopic (exact) mass is 422 g/mol. The Hall–Kier alpha value is -3.33. The van der Waals surface area contributed by atoms with Crippen LogP contribution in [0.4, 0.5) is 13.2 Å². The highest BCUT2D eigenvalue weighted by molar-refractivity contribution is 7.91.